The number of benzene rings is 3. The highest BCUT2D eigenvalue weighted by Crippen LogP contribution is 2.35. The SMILES string of the molecule is CN(Sc1c(F)c(F)c(F)c(F)c1F)C(CN)C(=O)N(Cc1ccc(C2CCCCC2)cc1)c1ccc(C(=O)O)c(O)c1. The van der Waals surface area contributed by atoms with Gasteiger partial charge >= 0.3 is 5.97 Å². The van der Waals surface area contributed by atoms with Crippen LogP contribution in [0.25, 0.3) is 0 Å². The largest absolute Gasteiger partial charge is 0.507 e. The molecule has 43 heavy (non-hydrogen) atoms. The maximum absolute atomic E-state index is 14.4. The summed E-state index contributed by atoms with van der Waals surface area (Å²) in [6, 6.07) is 9.81. The van der Waals surface area contributed by atoms with Crippen molar-refractivity contribution < 1.29 is 41.8 Å². The summed E-state index contributed by atoms with van der Waals surface area (Å²) in [6.07, 6.45) is 5.69. The van der Waals surface area contributed by atoms with Gasteiger partial charge in [0.25, 0.3) is 0 Å². The van der Waals surface area contributed by atoms with E-state index in [-0.39, 0.29) is 24.2 Å². The standard InChI is InChI=1S/C30H30F5N3O4S/c1-37(43-28-26(34)24(32)23(31)25(33)27(28)35)21(14-36)29(40)38(19-11-12-20(30(41)42)22(39)13-19)15-16-7-9-18(10-8-16)17-5-3-2-4-6-17/h7-13,17,21,39H,2-6,14-15,36H2,1H3,(H,41,42). The molecule has 13 heteroatoms. The van der Waals surface area contributed by atoms with E-state index in [1.165, 1.54) is 30.0 Å². The van der Waals surface area contributed by atoms with Gasteiger partial charge in [0.1, 0.15) is 22.3 Å². The summed E-state index contributed by atoms with van der Waals surface area (Å²) in [4.78, 5) is 25.3. The molecular formula is C30H30F5N3O4S. The molecule has 1 amide bonds. The molecule has 230 valence electrons. The second-order valence-corrected chi connectivity index (χ2v) is 11.5. The number of hydrogen-bond acceptors (Lipinski definition) is 6. The number of aromatic hydroxyl groups is 1. The minimum atomic E-state index is -2.31. The molecule has 0 aromatic heterocycles. The van der Waals surface area contributed by atoms with Gasteiger partial charge in [-0.05, 0) is 61.0 Å². The molecule has 4 N–H and O–H groups in total. The Bertz CT molecular complexity index is 1470. The van der Waals surface area contributed by atoms with Crippen molar-refractivity contribution in [1.82, 2.24) is 4.31 Å². The van der Waals surface area contributed by atoms with Gasteiger partial charge in [0, 0.05) is 18.3 Å². The van der Waals surface area contributed by atoms with E-state index < -0.39 is 69.8 Å². The summed E-state index contributed by atoms with van der Waals surface area (Å²) < 4.78 is 70.9. The number of carboxylic acid groups (broad SMARTS) is 1. The highest BCUT2D eigenvalue weighted by Gasteiger charge is 2.33. The first kappa shape index (κ1) is 32.2. The van der Waals surface area contributed by atoms with Crippen LogP contribution < -0.4 is 10.6 Å². The van der Waals surface area contributed by atoms with Crippen molar-refractivity contribution in [3.05, 3.63) is 88.2 Å². The number of carbonyl (C=O) groups excluding carboxylic acids is 1. The highest BCUT2D eigenvalue weighted by atomic mass is 32.2. The van der Waals surface area contributed by atoms with E-state index in [0.29, 0.717) is 11.5 Å². The van der Waals surface area contributed by atoms with Crippen molar-refractivity contribution in [2.24, 2.45) is 5.73 Å². The second-order valence-electron chi connectivity index (χ2n) is 10.3. The highest BCUT2D eigenvalue weighted by molar-refractivity contribution is 7.97. The summed E-state index contributed by atoms with van der Waals surface area (Å²) in [5, 5.41) is 19.6. The van der Waals surface area contributed by atoms with E-state index in [1.54, 1.807) is 0 Å². The number of anilines is 1. The number of hydrogen-bond donors (Lipinski definition) is 3. The molecule has 3 aromatic rings. The first-order chi connectivity index (χ1) is 20.4. The number of carboxylic acids is 1. The van der Waals surface area contributed by atoms with Gasteiger partial charge < -0.3 is 20.8 Å². The summed E-state index contributed by atoms with van der Waals surface area (Å²) in [5.74, 6) is -13.0. The summed E-state index contributed by atoms with van der Waals surface area (Å²) in [7, 11) is 1.21. The zero-order valence-electron chi connectivity index (χ0n) is 23.1. The van der Waals surface area contributed by atoms with Crippen LogP contribution in [0.5, 0.6) is 5.75 Å². The molecule has 0 heterocycles. The Hall–Kier alpha value is -3.68. The topological polar surface area (TPSA) is 107 Å². The molecular weight excluding hydrogens is 593 g/mol. The fourth-order valence-corrected chi connectivity index (χ4v) is 6.07. The molecule has 1 fully saturated rings. The van der Waals surface area contributed by atoms with E-state index in [0.717, 1.165) is 42.1 Å². The second kappa shape index (κ2) is 13.7. The molecule has 0 saturated heterocycles. The van der Waals surface area contributed by atoms with Crippen molar-refractivity contribution >= 4 is 29.5 Å². The number of amides is 1. The lowest BCUT2D eigenvalue weighted by Gasteiger charge is -2.32. The number of halogens is 5. The quantitative estimate of drug-likeness (QED) is 0.105. The summed E-state index contributed by atoms with van der Waals surface area (Å²) >= 11 is 0.123. The van der Waals surface area contributed by atoms with Gasteiger partial charge in [-0.2, -0.15) is 0 Å². The third-order valence-electron chi connectivity index (χ3n) is 7.54. The lowest BCUT2D eigenvalue weighted by Crippen LogP contribution is -2.49. The Kier molecular flexibility index (Phi) is 10.3. The molecule has 1 saturated carbocycles. The average Bonchev–Trinajstić information content (AvgIpc) is 3.00. The van der Waals surface area contributed by atoms with E-state index >= 15 is 0 Å². The fraction of sp³-hybridized carbons (Fsp3) is 0.333. The van der Waals surface area contributed by atoms with Gasteiger partial charge in [0.2, 0.25) is 11.7 Å². The van der Waals surface area contributed by atoms with Crippen LogP contribution >= 0.6 is 11.9 Å². The van der Waals surface area contributed by atoms with Gasteiger partial charge in [0.05, 0.1) is 6.54 Å². The maximum atomic E-state index is 14.4. The Balaban J connectivity index is 1.66. The third-order valence-corrected chi connectivity index (χ3v) is 8.62. The van der Waals surface area contributed by atoms with Crippen LogP contribution in [0.2, 0.25) is 0 Å². The molecule has 1 unspecified atom stereocenters. The van der Waals surface area contributed by atoms with Crippen LogP contribution in [0, 0.1) is 29.1 Å². The number of aromatic carboxylic acids is 1. The predicted octanol–water partition coefficient (Wildman–Crippen LogP) is 6.33. The molecule has 0 aliphatic heterocycles. The first-order valence-electron chi connectivity index (χ1n) is 13.5. The normalized spacial score (nSPS) is 14.6. The van der Waals surface area contributed by atoms with Crippen LogP contribution in [0.3, 0.4) is 0 Å². The van der Waals surface area contributed by atoms with E-state index in [2.05, 4.69) is 0 Å². The van der Waals surface area contributed by atoms with Crippen LogP contribution in [-0.2, 0) is 11.3 Å². The van der Waals surface area contributed by atoms with Gasteiger partial charge in [-0.3, -0.25) is 4.79 Å². The Morgan fingerprint density at radius 1 is 0.930 bits per heavy atom. The Labute approximate surface area is 249 Å². The third kappa shape index (κ3) is 6.94. The smallest absolute Gasteiger partial charge is 0.339 e. The fourth-order valence-electron chi connectivity index (χ4n) is 5.14. The van der Waals surface area contributed by atoms with E-state index in [4.69, 9.17) is 5.73 Å². The Morgan fingerprint density at radius 3 is 2.05 bits per heavy atom. The van der Waals surface area contributed by atoms with Gasteiger partial charge in [0.15, 0.2) is 23.3 Å². The summed E-state index contributed by atoms with van der Waals surface area (Å²) in [6.45, 7) is -0.485. The van der Waals surface area contributed by atoms with Crippen LogP contribution in [0.15, 0.2) is 47.4 Å². The first-order valence-corrected chi connectivity index (χ1v) is 14.3. The van der Waals surface area contributed by atoms with Gasteiger partial charge in [-0.25, -0.2) is 31.1 Å². The number of rotatable bonds is 10. The van der Waals surface area contributed by atoms with Gasteiger partial charge in [-0.15, -0.1) is 0 Å². The monoisotopic (exact) mass is 623 g/mol. The number of carbonyl (C=O) groups is 2. The van der Waals surface area contributed by atoms with Crippen LogP contribution in [-0.4, -0.2) is 46.0 Å². The zero-order chi connectivity index (χ0) is 31.4. The minimum Gasteiger partial charge on any atom is -0.507 e. The molecule has 0 spiro atoms. The van der Waals surface area contributed by atoms with E-state index in [1.807, 2.05) is 24.3 Å². The van der Waals surface area contributed by atoms with Crippen LogP contribution in [0.1, 0.15) is 59.5 Å². The van der Waals surface area contributed by atoms with Crippen molar-refractivity contribution in [3.63, 3.8) is 0 Å². The van der Waals surface area contributed by atoms with Crippen molar-refractivity contribution in [1.29, 1.82) is 0 Å². The summed E-state index contributed by atoms with van der Waals surface area (Å²) in [5.41, 5.74) is 7.41. The number of nitrogens with zero attached hydrogens (tertiary/aromatic N) is 2. The number of nitrogens with two attached hydrogens (primary N) is 1. The van der Waals surface area contributed by atoms with Crippen molar-refractivity contribution in [2.45, 2.75) is 55.5 Å². The van der Waals surface area contributed by atoms with Crippen molar-refractivity contribution in [3.8, 4) is 5.75 Å². The van der Waals surface area contributed by atoms with Crippen molar-refractivity contribution in [2.75, 3.05) is 18.5 Å². The van der Waals surface area contributed by atoms with E-state index in [9.17, 15) is 41.8 Å². The molecule has 1 atom stereocenters. The zero-order valence-corrected chi connectivity index (χ0v) is 23.9. The molecule has 1 aliphatic carbocycles. The maximum Gasteiger partial charge on any atom is 0.339 e. The molecule has 7 nitrogen and oxygen atoms in total. The van der Waals surface area contributed by atoms with Gasteiger partial charge in [-0.1, -0.05) is 43.5 Å². The molecule has 0 radical (unpaired) electrons. The number of likely N-dealkylation sites (N-methyl/N-ethyl adjacent to an activating group) is 1. The average molecular weight is 624 g/mol. The predicted molar refractivity (Wildman–Crippen MR) is 151 cm³/mol. The Morgan fingerprint density at radius 2 is 1.51 bits per heavy atom. The molecule has 3 aromatic carbocycles. The minimum absolute atomic E-state index is 0.0623. The number of phenols is 1. The lowest BCUT2D eigenvalue weighted by atomic mass is 9.84. The molecule has 1 aliphatic rings. The van der Waals surface area contributed by atoms with Crippen LogP contribution in [0.4, 0.5) is 27.6 Å². The lowest BCUT2D eigenvalue weighted by molar-refractivity contribution is -0.121. The molecule has 4 rings (SSSR count). The molecule has 0 bridgehead atoms.